The summed E-state index contributed by atoms with van der Waals surface area (Å²) in [6.07, 6.45) is 1.25. The van der Waals surface area contributed by atoms with Gasteiger partial charge in [-0.3, -0.25) is 0 Å². The first-order valence-electron chi connectivity index (χ1n) is 8.03. The summed E-state index contributed by atoms with van der Waals surface area (Å²) < 4.78 is 16.0. The number of methoxy groups -OCH3 is 3. The third kappa shape index (κ3) is 2.69. The first kappa shape index (κ1) is 19.0. The van der Waals surface area contributed by atoms with Crippen LogP contribution in [0, 0.1) is 0 Å². The summed E-state index contributed by atoms with van der Waals surface area (Å²) in [7, 11) is 4.27. The first-order valence-corrected chi connectivity index (χ1v) is 9.22. The number of carboxylic acid groups (broad SMARTS) is 1. The van der Waals surface area contributed by atoms with E-state index in [0.717, 1.165) is 11.3 Å². The van der Waals surface area contributed by atoms with Gasteiger partial charge in [0.05, 0.1) is 38.1 Å². The van der Waals surface area contributed by atoms with Crippen molar-refractivity contribution in [3.8, 4) is 17.2 Å². The Bertz CT molecular complexity index is 1180. The molecular weight excluding hydrogens is 424 g/mol. The highest BCUT2D eigenvalue weighted by atomic mass is 35.5. The van der Waals surface area contributed by atoms with Crippen LogP contribution in [0.15, 0.2) is 12.4 Å². The minimum atomic E-state index is -1.17. The number of rotatable bonds is 5. The van der Waals surface area contributed by atoms with Gasteiger partial charge in [0.15, 0.2) is 17.3 Å². The molecule has 0 spiro atoms. The smallest absolute Gasteiger partial charge is 0.348 e. The molecule has 0 fully saturated rings. The number of carbonyl (C=O) groups excluding carboxylic acids is 1. The summed E-state index contributed by atoms with van der Waals surface area (Å²) in [4.78, 5) is 34.5. The Kier molecular flexibility index (Phi) is 4.55. The lowest BCUT2D eigenvalue weighted by atomic mass is 10.1. The summed E-state index contributed by atoms with van der Waals surface area (Å²) in [6, 6.07) is 0.863. The second-order valence-corrected chi connectivity index (χ2v) is 7.11. The number of ether oxygens (including phenoxy) is 3. The van der Waals surface area contributed by atoms with Gasteiger partial charge in [-0.2, -0.15) is 0 Å². The number of amides is 2. The maximum atomic E-state index is 13.0. The molecule has 29 heavy (non-hydrogen) atoms. The van der Waals surface area contributed by atoms with Crippen LogP contribution in [0.25, 0.3) is 10.2 Å². The van der Waals surface area contributed by atoms with Gasteiger partial charge in [-0.1, -0.05) is 11.6 Å². The number of anilines is 3. The molecule has 1 aliphatic rings. The number of carbonyl (C=O) groups is 2. The van der Waals surface area contributed by atoms with E-state index in [1.165, 1.54) is 38.6 Å². The van der Waals surface area contributed by atoms with E-state index in [4.69, 9.17) is 25.8 Å². The molecule has 0 saturated carbocycles. The zero-order valence-corrected chi connectivity index (χ0v) is 16.8. The lowest BCUT2D eigenvalue weighted by Gasteiger charge is -2.28. The number of aromatic carboxylic acids is 1. The van der Waals surface area contributed by atoms with Crippen LogP contribution in [0.4, 0.5) is 22.0 Å². The van der Waals surface area contributed by atoms with Gasteiger partial charge in [0.25, 0.3) is 0 Å². The van der Waals surface area contributed by atoms with E-state index in [-0.39, 0.29) is 44.3 Å². The molecule has 2 aromatic heterocycles. The van der Waals surface area contributed by atoms with Crippen LogP contribution < -0.4 is 24.4 Å². The van der Waals surface area contributed by atoms with E-state index in [1.807, 2.05) is 0 Å². The number of hydrogen-bond donors (Lipinski definition) is 2. The summed E-state index contributed by atoms with van der Waals surface area (Å²) in [5.74, 6) is -0.270. The van der Waals surface area contributed by atoms with Crippen molar-refractivity contribution < 1.29 is 28.9 Å². The predicted molar refractivity (Wildman–Crippen MR) is 107 cm³/mol. The fraction of sp³-hybridized carbons (Fsp3) is 0.176. The molecule has 2 N–H and O–H groups in total. The molecule has 0 aliphatic carbocycles. The SMILES string of the molecule is COc1cc(N2C(=O)Nc3c(C(=O)O)sc4ncnc2c34)c(Cl)c(OC)c1OC. The van der Waals surface area contributed by atoms with E-state index >= 15 is 0 Å². The summed E-state index contributed by atoms with van der Waals surface area (Å²) in [5, 5.41) is 12.5. The van der Waals surface area contributed by atoms with E-state index in [9.17, 15) is 14.7 Å². The van der Waals surface area contributed by atoms with Crippen molar-refractivity contribution in [2.24, 2.45) is 0 Å². The van der Waals surface area contributed by atoms with Crippen LogP contribution >= 0.6 is 22.9 Å². The average molecular weight is 437 g/mol. The largest absolute Gasteiger partial charge is 0.493 e. The number of aromatic nitrogens is 2. The lowest BCUT2D eigenvalue weighted by molar-refractivity contribution is 0.0703. The second kappa shape index (κ2) is 6.94. The normalized spacial score (nSPS) is 12.7. The Balaban J connectivity index is 2.02. The summed E-state index contributed by atoms with van der Waals surface area (Å²) >= 11 is 7.46. The highest BCUT2D eigenvalue weighted by Gasteiger charge is 2.36. The van der Waals surface area contributed by atoms with Crippen molar-refractivity contribution in [2.45, 2.75) is 0 Å². The topological polar surface area (TPSA) is 123 Å². The molecule has 4 rings (SSSR count). The molecule has 0 unspecified atom stereocenters. The van der Waals surface area contributed by atoms with Crippen LogP contribution in [-0.4, -0.2) is 48.4 Å². The van der Waals surface area contributed by atoms with Crippen LogP contribution in [-0.2, 0) is 0 Å². The Morgan fingerprint density at radius 3 is 2.55 bits per heavy atom. The maximum absolute atomic E-state index is 13.0. The van der Waals surface area contributed by atoms with Crippen molar-refractivity contribution in [1.82, 2.24) is 9.97 Å². The van der Waals surface area contributed by atoms with Gasteiger partial charge in [-0.25, -0.2) is 24.5 Å². The van der Waals surface area contributed by atoms with Gasteiger partial charge in [-0.05, 0) is 0 Å². The molecule has 1 aliphatic heterocycles. The Hall–Kier alpha value is -3.31. The number of benzene rings is 1. The van der Waals surface area contributed by atoms with E-state index < -0.39 is 12.0 Å². The molecule has 3 heterocycles. The van der Waals surface area contributed by atoms with Crippen molar-refractivity contribution in [3.63, 3.8) is 0 Å². The molecule has 0 bridgehead atoms. The van der Waals surface area contributed by atoms with Gasteiger partial charge >= 0.3 is 12.0 Å². The van der Waals surface area contributed by atoms with Crippen LogP contribution in [0.1, 0.15) is 9.67 Å². The van der Waals surface area contributed by atoms with E-state index in [1.54, 1.807) is 0 Å². The molecular formula is C17H13ClN4O6S. The Labute approximate surface area is 172 Å². The van der Waals surface area contributed by atoms with E-state index in [0.29, 0.717) is 10.2 Å². The Morgan fingerprint density at radius 2 is 1.93 bits per heavy atom. The van der Waals surface area contributed by atoms with Crippen molar-refractivity contribution in [3.05, 3.63) is 22.3 Å². The van der Waals surface area contributed by atoms with Crippen molar-refractivity contribution in [2.75, 3.05) is 31.5 Å². The number of thiophene rings is 1. The third-order valence-corrected chi connectivity index (χ3v) is 5.75. The molecule has 1 aromatic carbocycles. The molecule has 2 amide bonds. The monoisotopic (exact) mass is 436 g/mol. The third-order valence-electron chi connectivity index (χ3n) is 4.30. The number of carboxylic acids is 1. The first-order chi connectivity index (χ1) is 13.9. The minimum absolute atomic E-state index is 0.0364. The zero-order valence-electron chi connectivity index (χ0n) is 15.3. The minimum Gasteiger partial charge on any atom is -0.493 e. The summed E-state index contributed by atoms with van der Waals surface area (Å²) in [6.45, 7) is 0. The quantitative estimate of drug-likeness (QED) is 0.619. The molecule has 12 heteroatoms. The molecule has 150 valence electrons. The maximum Gasteiger partial charge on any atom is 0.348 e. The summed E-state index contributed by atoms with van der Waals surface area (Å²) in [5.41, 5.74) is 0.366. The number of halogens is 1. The standard InChI is InChI=1S/C17H13ClN4O6S/c1-26-7-4-6(9(18)12(28-3)11(7)27-2)22-14-8-10(21-17(22)25)13(16(23)24)29-15(8)20-5-19-14/h4-5H,1-3H3,(H,21,25)(H,23,24). The molecule has 0 saturated heterocycles. The average Bonchev–Trinajstić information content (AvgIpc) is 3.08. The van der Waals surface area contributed by atoms with Crippen molar-refractivity contribution >= 4 is 62.3 Å². The zero-order chi connectivity index (χ0) is 20.9. The number of urea groups is 1. The van der Waals surface area contributed by atoms with Gasteiger partial charge in [0, 0.05) is 6.07 Å². The van der Waals surface area contributed by atoms with Gasteiger partial charge in [0.1, 0.15) is 21.1 Å². The van der Waals surface area contributed by atoms with Gasteiger partial charge in [-0.15, -0.1) is 11.3 Å². The molecule has 3 aromatic rings. The number of nitrogens with one attached hydrogen (secondary N) is 1. The Morgan fingerprint density at radius 1 is 1.21 bits per heavy atom. The van der Waals surface area contributed by atoms with Crippen LogP contribution in [0.3, 0.4) is 0 Å². The fourth-order valence-corrected chi connectivity index (χ4v) is 4.34. The van der Waals surface area contributed by atoms with Crippen LogP contribution in [0.5, 0.6) is 17.2 Å². The number of nitrogens with zero attached hydrogens (tertiary/aromatic N) is 3. The highest BCUT2D eigenvalue weighted by Crippen LogP contribution is 2.52. The molecule has 10 nitrogen and oxygen atoms in total. The van der Waals surface area contributed by atoms with E-state index in [2.05, 4.69) is 15.3 Å². The van der Waals surface area contributed by atoms with Crippen molar-refractivity contribution in [1.29, 1.82) is 0 Å². The lowest BCUT2D eigenvalue weighted by Crippen LogP contribution is -2.35. The molecule has 0 atom stereocenters. The van der Waals surface area contributed by atoms with Crippen LogP contribution in [0.2, 0.25) is 5.02 Å². The number of hydrogen-bond acceptors (Lipinski definition) is 8. The fourth-order valence-electron chi connectivity index (χ4n) is 3.11. The molecule has 0 radical (unpaired) electrons. The second-order valence-electron chi connectivity index (χ2n) is 5.73. The van der Waals surface area contributed by atoms with Gasteiger partial charge in [0.2, 0.25) is 5.75 Å². The predicted octanol–water partition coefficient (Wildman–Crippen LogP) is 3.75. The van der Waals surface area contributed by atoms with Gasteiger partial charge < -0.3 is 24.6 Å². The highest BCUT2D eigenvalue weighted by molar-refractivity contribution is 7.21.